The molecule has 0 saturated heterocycles. The van der Waals surface area contributed by atoms with E-state index in [1.54, 1.807) is 0 Å². The van der Waals surface area contributed by atoms with Gasteiger partial charge in [0.15, 0.2) is 0 Å². The van der Waals surface area contributed by atoms with E-state index in [4.69, 9.17) is 11.6 Å². The third-order valence-corrected chi connectivity index (χ3v) is 2.66. The minimum absolute atomic E-state index is 0.423. The van der Waals surface area contributed by atoms with E-state index in [0.717, 1.165) is 0 Å². The summed E-state index contributed by atoms with van der Waals surface area (Å²) in [5, 5.41) is 0.423. The second-order valence-corrected chi connectivity index (χ2v) is 4.21. The maximum Gasteiger partial charge on any atom is 0.0336 e. The molecular weight excluding hydrogens is 180 g/mol. The van der Waals surface area contributed by atoms with E-state index in [-0.39, 0.29) is 0 Å². The summed E-state index contributed by atoms with van der Waals surface area (Å²) < 4.78 is 0. The highest BCUT2D eigenvalue weighted by Crippen LogP contribution is 2.14. The molecule has 0 spiro atoms. The Balaban J connectivity index is 3.06. The molecule has 0 fully saturated rings. The molecule has 0 radical (unpaired) electrons. The van der Waals surface area contributed by atoms with Gasteiger partial charge in [0.2, 0.25) is 0 Å². The van der Waals surface area contributed by atoms with Gasteiger partial charge in [0, 0.05) is 5.38 Å². The molecule has 0 aliphatic heterocycles. The molecule has 0 saturated carbocycles. The van der Waals surface area contributed by atoms with Crippen molar-refractivity contribution in [3.8, 4) is 0 Å². The molecule has 1 unspecified atom stereocenters. The van der Waals surface area contributed by atoms with Gasteiger partial charge in [0.1, 0.15) is 0 Å². The molecular formula is C12H23Cl. The molecule has 0 aliphatic rings. The van der Waals surface area contributed by atoms with Crippen LogP contribution in [0.3, 0.4) is 0 Å². The fourth-order valence-corrected chi connectivity index (χ4v) is 1.80. The monoisotopic (exact) mass is 202 g/mol. The van der Waals surface area contributed by atoms with Crippen LogP contribution >= 0.6 is 11.6 Å². The van der Waals surface area contributed by atoms with Gasteiger partial charge in [-0.2, -0.15) is 0 Å². The first kappa shape index (κ1) is 13.0. The van der Waals surface area contributed by atoms with Crippen molar-refractivity contribution in [2.24, 2.45) is 0 Å². The first-order valence-corrected chi connectivity index (χ1v) is 6.00. The molecule has 0 amide bonds. The third kappa shape index (κ3) is 9.95. The highest BCUT2D eigenvalue weighted by molar-refractivity contribution is 6.20. The maximum atomic E-state index is 6.11. The van der Waals surface area contributed by atoms with Crippen molar-refractivity contribution in [3.05, 3.63) is 12.2 Å². The first-order chi connectivity index (χ1) is 6.31. The standard InChI is InChI=1S/C12H23Cl/c1-3-5-6-7-8-9-11-12(13)10-4-2/h3,5,12H,4,6-11H2,1-2H3/b5-3+. The van der Waals surface area contributed by atoms with Crippen molar-refractivity contribution in [2.75, 3.05) is 0 Å². The molecule has 1 heteroatoms. The summed E-state index contributed by atoms with van der Waals surface area (Å²) in [6.07, 6.45) is 13.1. The van der Waals surface area contributed by atoms with Crippen molar-refractivity contribution >= 4 is 11.6 Å². The van der Waals surface area contributed by atoms with Gasteiger partial charge in [-0.3, -0.25) is 0 Å². The summed E-state index contributed by atoms with van der Waals surface area (Å²) >= 11 is 6.11. The molecule has 78 valence electrons. The Morgan fingerprint density at radius 3 is 2.54 bits per heavy atom. The van der Waals surface area contributed by atoms with Gasteiger partial charge >= 0.3 is 0 Å². The lowest BCUT2D eigenvalue weighted by molar-refractivity contribution is 0.598. The van der Waals surface area contributed by atoms with Gasteiger partial charge in [-0.05, 0) is 32.6 Å². The van der Waals surface area contributed by atoms with Crippen LogP contribution in [-0.4, -0.2) is 5.38 Å². The Hall–Kier alpha value is 0.0300. The summed E-state index contributed by atoms with van der Waals surface area (Å²) in [5.74, 6) is 0. The second-order valence-electron chi connectivity index (χ2n) is 3.59. The third-order valence-electron chi connectivity index (χ3n) is 2.23. The van der Waals surface area contributed by atoms with E-state index in [1.807, 2.05) is 0 Å². The van der Waals surface area contributed by atoms with Crippen molar-refractivity contribution < 1.29 is 0 Å². The predicted octanol–water partition coefficient (Wildman–Crippen LogP) is 4.92. The molecule has 0 nitrogen and oxygen atoms in total. The SMILES string of the molecule is C/C=C/CCCCCC(Cl)CCC. The molecule has 0 bridgehead atoms. The van der Waals surface area contributed by atoms with E-state index in [2.05, 4.69) is 26.0 Å². The Kier molecular flexibility index (Phi) is 10.1. The fourth-order valence-electron chi connectivity index (χ4n) is 1.43. The smallest absolute Gasteiger partial charge is 0.0336 e. The van der Waals surface area contributed by atoms with E-state index in [0.29, 0.717) is 5.38 Å². The summed E-state index contributed by atoms with van der Waals surface area (Å²) in [6, 6.07) is 0. The minimum Gasteiger partial charge on any atom is -0.123 e. The fraction of sp³-hybridized carbons (Fsp3) is 0.833. The number of rotatable bonds is 8. The predicted molar refractivity (Wildman–Crippen MR) is 62.4 cm³/mol. The van der Waals surface area contributed by atoms with Crippen LogP contribution in [-0.2, 0) is 0 Å². The number of halogens is 1. The zero-order valence-corrected chi connectivity index (χ0v) is 9.82. The topological polar surface area (TPSA) is 0 Å². The first-order valence-electron chi connectivity index (χ1n) is 5.56. The van der Waals surface area contributed by atoms with Crippen LogP contribution in [0.1, 0.15) is 58.8 Å². The van der Waals surface area contributed by atoms with E-state index in [1.165, 1.54) is 44.9 Å². The Morgan fingerprint density at radius 2 is 1.92 bits per heavy atom. The Morgan fingerprint density at radius 1 is 1.15 bits per heavy atom. The zero-order valence-electron chi connectivity index (χ0n) is 9.06. The van der Waals surface area contributed by atoms with Gasteiger partial charge < -0.3 is 0 Å². The van der Waals surface area contributed by atoms with Crippen LogP contribution in [0.4, 0.5) is 0 Å². The molecule has 0 aromatic rings. The van der Waals surface area contributed by atoms with Gasteiger partial charge in [-0.15, -0.1) is 11.6 Å². The normalized spacial score (nSPS) is 13.8. The molecule has 0 N–H and O–H groups in total. The van der Waals surface area contributed by atoms with Crippen LogP contribution in [0.2, 0.25) is 0 Å². The lowest BCUT2D eigenvalue weighted by Gasteiger charge is -2.06. The lowest BCUT2D eigenvalue weighted by atomic mass is 10.1. The minimum atomic E-state index is 0.423. The Labute approximate surface area is 88.4 Å². The van der Waals surface area contributed by atoms with Crippen LogP contribution in [0.5, 0.6) is 0 Å². The van der Waals surface area contributed by atoms with Crippen molar-refractivity contribution in [1.29, 1.82) is 0 Å². The van der Waals surface area contributed by atoms with Crippen molar-refractivity contribution in [2.45, 2.75) is 64.2 Å². The number of hydrogen-bond donors (Lipinski definition) is 0. The van der Waals surface area contributed by atoms with Crippen molar-refractivity contribution in [1.82, 2.24) is 0 Å². The second kappa shape index (κ2) is 10.1. The van der Waals surface area contributed by atoms with Gasteiger partial charge in [-0.1, -0.05) is 38.3 Å². The quantitative estimate of drug-likeness (QED) is 0.298. The van der Waals surface area contributed by atoms with Crippen LogP contribution in [0.15, 0.2) is 12.2 Å². The average Bonchev–Trinajstić information content (AvgIpc) is 2.11. The summed E-state index contributed by atoms with van der Waals surface area (Å²) in [5.41, 5.74) is 0. The average molecular weight is 203 g/mol. The summed E-state index contributed by atoms with van der Waals surface area (Å²) in [7, 11) is 0. The molecule has 0 aromatic heterocycles. The number of unbranched alkanes of at least 4 members (excludes halogenated alkanes) is 3. The summed E-state index contributed by atoms with van der Waals surface area (Å²) in [4.78, 5) is 0. The van der Waals surface area contributed by atoms with E-state index < -0.39 is 0 Å². The largest absolute Gasteiger partial charge is 0.123 e. The van der Waals surface area contributed by atoms with Gasteiger partial charge in [0.05, 0.1) is 0 Å². The van der Waals surface area contributed by atoms with Crippen LogP contribution < -0.4 is 0 Å². The highest BCUT2D eigenvalue weighted by atomic mass is 35.5. The van der Waals surface area contributed by atoms with Crippen LogP contribution in [0.25, 0.3) is 0 Å². The van der Waals surface area contributed by atoms with E-state index in [9.17, 15) is 0 Å². The van der Waals surface area contributed by atoms with Crippen LogP contribution in [0, 0.1) is 0 Å². The molecule has 0 aromatic carbocycles. The van der Waals surface area contributed by atoms with E-state index >= 15 is 0 Å². The zero-order chi connectivity index (χ0) is 9.94. The Bertz CT molecular complexity index is 118. The lowest BCUT2D eigenvalue weighted by Crippen LogP contribution is -1.96. The van der Waals surface area contributed by atoms with Gasteiger partial charge in [0.25, 0.3) is 0 Å². The maximum absolute atomic E-state index is 6.11. The molecule has 0 rings (SSSR count). The molecule has 0 heterocycles. The highest BCUT2D eigenvalue weighted by Gasteiger charge is 2.01. The molecule has 13 heavy (non-hydrogen) atoms. The van der Waals surface area contributed by atoms with Gasteiger partial charge in [-0.25, -0.2) is 0 Å². The number of allylic oxidation sites excluding steroid dienone is 2. The molecule has 1 atom stereocenters. The number of alkyl halides is 1. The van der Waals surface area contributed by atoms with Crippen molar-refractivity contribution in [3.63, 3.8) is 0 Å². The number of hydrogen-bond acceptors (Lipinski definition) is 0. The summed E-state index contributed by atoms with van der Waals surface area (Å²) in [6.45, 7) is 4.28. The molecule has 0 aliphatic carbocycles.